The third-order valence-electron chi connectivity index (χ3n) is 1.42. The van der Waals surface area contributed by atoms with Crippen LogP contribution >= 0.6 is 0 Å². The predicted octanol–water partition coefficient (Wildman–Crippen LogP) is -2.39. The second kappa shape index (κ2) is 4.36. The number of hydrogen-bond donors (Lipinski definition) is 1. The molecule has 1 aromatic rings. The van der Waals surface area contributed by atoms with Crippen molar-refractivity contribution >= 4 is 10.1 Å². The van der Waals surface area contributed by atoms with Crippen LogP contribution in [0.5, 0.6) is 0 Å². The zero-order valence-corrected chi connectivity index (χ0v) is 9.74. The van der Waals surface area contributed by atoms with E-state index in [9.17, 15) is 8.42 Å². The Balaban J connectivity index is 3.02. The number of rotatable bonds is 3. The van der Waals surface area contributed by atoms with E-state index in [1.165, 1.54) is 12.1 Å². The predicted molar refractivity (Wildman–Crippen MR) is 41.7 cm³/mol. The van der Waals surface area contributed by atoms with Crippen molar-refractivity contribution in [1.82, 2.24) is 0 Å². The van der Waals surface area contributed by atoms with Gasteiger partial charge in [-0.25, -0.2) is 0 Å². The summed E-state index contributed by atoms with van der Waals surface area (Å²) in [6, 6.07) is 6.24. The Bertz CT molecular complexity index is 370. The maximum atomic E-state index is 11.2. The van der Waals surface area contributed by atoms with Gasteiger partial charge in [0, 0.05) is 0 Å². The zero-order valence-electron chi connectivity index (χ0n) is 6.77. The molecule has 0 saturated carbocycles. The van der Waals surface area contributed by atoms with Crippen LogP contribution in [0.15, 0.2) is 29.2 Å². The summed E-state index contributed by atoms with van der Waals surface area (Å²) in [4.78, 5) is 0.0758. The fourth-order valence-electron chi connectivity index (χ4n) is 0.778. The fourth-order valence-corrected chi connectivity index (χ4v) is 2.65. The van der Waals surface area contributed by atoms with Crippen molar-refractivity contribution in [2.45, 2.75) is 11.8 Å². The van der Waals surface area contributed by atoms with Gasteiger partial charge in [0.15, 0.2) is 0 Å². The van der Waals surface area contributed by atoms with E-state index < -0.39 is 32.2 Å². The molecule has 0 bridgehead atoms. The van der Waals surface area contributed by atoms with Crippen LogP contribution in [-0.2, 0) is 12.6 Å². The number of hydrogen-bond acceptors (Lipinski definition) is 4. The Morgan fingerprint density at radius 1 is 1.31 bits per heavy atom. The molecule has 13 heavy (non-hydrogen) atoms. The maximum absolute atomic E-state index is 11.2. The van der Waals surface area contributed by atoms with Crippen molar-refractivity contribution in [3.63, 3.8) is 0 Å². The van der Waals surface area contributed by atoms with E-state index >= 15 is 0 Å². The standard InChI is InChI=1S/C7H8IO4S/c1-6-2-4-7(5-3-6)13(10,11)12-8-9/h2-5,9H,1H3/q-1. The minimum absolute atomic E-state index is 0.0758. The van der Waals surface area contributed by atoms with Crippen molar-refractivity contribution in [3.05, 3.63) is 29.8 Å². The van der Waals surface area contributed by atoms with E-state index in [1.54, 1.807) is 12.1 Å². The second-order valence-corrected chi connectivity index (χ2v) is 5.38. The first-order valence-corrected chi connectivity index (χ1v) is 6.60. The van der Waals surface area contributed by atoms with Crippen LogP contribution in [0.25, 0.3) is 0 Å². The van der Waals surface area contributed by atoms with Crippen molar-refractivity contribution in [3.8, 4) is 0 Å². The molecule has 1 aromatic carbocycles. The van der Waals surface area contributed by atoms with E-state index in [0.717, 1.165) is 5.56 Å². The number of benzene rings is 1. The van der Waals surface area contributed by atoms with E-state index in [0.29, 0.717) is 0 Å². The van der Waals surface area contributed by atoms with Gasteiger partial charge in [-0.1, -0.05) is 0 Å². The Morgan fingerprint density at radius 3 is 2.31 bits per heavy atom. The molecule has 0 fully saturated rings. The first kappa shape index (κ1) is 10.9. The van der Waals surface area contributed by atoms with Crippen LogP contribution < -0.4 is 22.0 Å². The first-order chi connectivity index (χ1) is 6.06. The molecule has 0 aliphatic carbocycles. The van der Waals surface area contributed by atoms with Crippen LogP contribution in [0.1, 0.15) is 5.56 Å². The molecule has 0 aromatic heterocycles. The summed E-state index contributed by atoms with van der Waals surface area (Å²) in [6.45, 7) is 1.86. The van der Waals surface area contributed by atoms with Crippen LogP contribution in [0, 0.1) is 6.92 Å². The van der Waals surface area contributed by atoms with Gasteiger partial charge in [0.25, 0.3) is 0 Å². The van der Waals surface area contributed by atoms with Gasteiger partial charge in [-0.3, -0.25) is 0 Å². The van der Waals surface area contributed by atoms with Gasteiger partial charge in [0.1, 0.15) is 0 Å². The van der Waals surface area contributed by atoms with Crippen LogP contribution in [0.3, 0.4) is 0 Å². The van der Waals surface area contributed by atoms with Gasteiger partial charge >= 0.3 is 88.2 Å². The summed E-state index contributed by atoms with van der Waals surface area (Å²) in [6.07, 6.45) is 0. The molecule has 4 nitrogen and oxygen atoms in total. The van der Waals surface area contributed by atoms with Crippen molar-refractivity contribution in [2.24, 2.45) is 0 Å². The molecule has 0 aliphatic heterocycles. The van der Waals surface area contributed by atoms with Gasteiger partial charge < -0.3 is 0 Å². The zero-order chi connectivity index (χ0) is 9.90. The topological polar surface area (TPSA) is 63.6 Å². The average Bonchev–Trinajstić information content (AvgIpc) is 2.05. The summed E-state index contributed by atoms with van der Waals surface area (Å²) < 4.78 is 35.1. The summed E-state index contributed by atoms with van der Waals surface area (Å²) in [7, 11) is -3.73. The molecule has 74 valence electrons. The van der Waals surface area contributed by atoms with Crippen LogP contribution in [-0.4, -0.2) is 11.9 Å². The van der Waals surface area contributed by atoms with E-state index in [-0.39, 0.29) is 4.90 Å². The van der Waals surface area contributed by atoms with E-state index in [2.05, 4.69) is 2.51 Å². The minimum atomic E-state index is -3.73. The van der Waals surface area contributed by atoms with Crippen molar-refractivity contribution in [1.29, 1.82) is 0 Å². The summed E-state index contributed by atoms with van der Waals surface area (Å²) in [5.74, 6) is 0. The monoisotopic (exact) mass is 315 g/mol. The fraction of sp³-hybridized carbons (Fsp3) is 0.143. The first-order valence-electron chi connectivity index (χ1n) is 3.35. The summed E-state index contributed by atoms with van der Waals surface area (Å²) in [5.41, 5.74) is 0.970. The molecule has 0 amide bonds. The number of halogens is 1. The molecule has 0 heterocycles. The molecule has 6 heteroatoms. The molecule has 0 unspecified atom stereocenters. The molecule has 0 aliphatic rings. The molecule has 0 radical (unpaired) electrons. The number of aryl methyl sites for hydroxylation is 1. The quantitative estimate of drug-likeness (QED) is 0.633. The molecule has 1 rings (SSSR count). The Morgan fingerprint density at radius 2 is 1.85 bits per heavy atom. The summed E-state index contributed by atoms with van der Waals surface area (Å²) >= 11 is -1.70. The third kappa shape index (κ3) is 2.90. The van der Waals surface area contributed by atoms with Crippen molar-refractivity contribution < 1.29 is 36.4 Å². The summed E-state index contributed by atoms with van der Waals surface area (Å²) in [5, 5.41) is 0. The molecule has 0 saturated heterocycles. The normalized spacial score (nSPS) is 11.8. The van der Waals surface area contributed by atoms with Gasteiger partial charge in [-0.05, 0) is 0 Å². The molecular formula is C7H8IO4S-. The van der Waals surface area contributed by atoms with Gasteiger partial charge in [0.05, 0.1) is 0 Å². The van der Waals surface area contributed by atoms with Gasteiger partial charge in [-0.2, -0.15) is 0 Å². The third-order valence-corrected chi connectivity index (χ3v) is 4.40. The Kier molecular flexibility index (Phi) is 3.65. The van der Waals surface area contributed by atoms with Crippen molar-refractivity contribution in [2.75, 3.05) is 0 Å². The molecular weight excluding hydrogens is 307 g/mol. The van der Waals surface area contributed by atoms with Crippen LogP contribution in [0.4, 0.5) is 0 Å². The van der Waals surface area contributed by atoms with E-state index in [4.69, 9.17) is 3.44 Å². The molecule has 1 N–H and O–H groups in total. The molecule has 0 atom stereocenters. The SMILES string of the molecule is Cc1ccc(S(=O)(=O)O[I-]O)cc1. The van der Waals surface area contributed by atoms with Gasteiger partial charge in [-0.15, -0.1) is 0 Å². The molecule has 0 spiro atoms. The second-order valence-electron chi connectivity index (χ2n) is 2.40. The van der Waals surface area contributed by atoms with Crippen LogP contribution in [0.2, 0.25) is 0 Å². The Hall–Kier alpha value is -0.180. The van der Waals surface area contributed by atoms with Gasteiger partial charge in [0.2, 0.25) is 0 Å². The average molecular weight is 315 g/mol. The Labute approximate surface area is 88.0 Å². The van der Waals surface area contributed by atoms with E-state index in [1.807, 2.05) is 6.92 Å².